The van der Waals surface area contributed by atoms with Crippen LogP contribution in [0.5, 0.6) is 11.5 Å². The number of halogens is 1. The molecule has 1 aliphatic rings. The van der Waals surface area contributed by atoms with E-state index in [1.807, 2.05) is 17.0 Å². The number of hydrogen-bond donors (Lipinski definition) is 5. The molecule has 4 aromatic rings. The zero-order chi connectivity index (χ0) is 36.3. The van der Waals surface area contributed by atoms with Gasteiger partial charge in [0.2, 0.25) is 0 Å². The second-order valence-electron chi connectivity index (χ2n) is 11.5. The Morgan fingerprint density at radius 2 is 1.80 bits per heavy atom. The number of piperidine rings is 1. The Bertz CT molecular complexity index is 1960. The van der Waals surface area contributed by atoms with E-state index in [9.17, 15) is 24.8 Å². The minimum Gasteiger partial charge on any atom is -0.504 e. The SMILES string of the molecule is COc1ccc(-c2cnc(N3CCC(C)(NCc4ccc(/C=C/C(=O)NO)nc4)CC3)c(C#N)c2-c2ccc(C#N)c(F)c2)cc1O.O=CO. The van der Waals surface area contributed by atoms with E-state index in [2.05, 4.69) is 23.3 Å². The van der Waals surface area contributed by atoms with Crippen molar-refractivity contribution in [2.24, 2.45) is 0 Å². The molecule has 0 atom stereocenters. The number of hydroxylamine groups is 1. The number of carbonyl (C=O) groups excluding carboxylic acids is 1. The van der Waals surface area contributed by atoms with Crippen molar-refractivity contribution >= 4 is 24.3 Å². The van der Waals surface area contributed by atoms with E-state index in [1.54, 1.807) is 36.7 Å². The van der Waals surface area contributed by atoms with Gasteiger partial charge in [0.1, 0.15) is 29.3 Å². The van der Waals surface area contributed by atoms with Crippen molar-refractivity contribution in [3.8, 4) is 45.9 Å². The summed E-state index contributed by atoms with van der Waals surface area (Å²) in [7, 11) is 1.45. The maximum absolute atomic E-state index is 14.9. The number of carbonyl (C=O) groups is 2. The molecular formula is C36H34FN7O6. The van der Waals surface area contributed by atoms with Gasteiger partial charge in [-0.05, 0) is 72.9 Å². The van der Waals surface area contributed by atoms with Crippen LogP contribution in [0.15, 0.2) is 67.0 Å². The molecule has 0 aliphatic carbocycles. The molecule has 5 N–H and O–H groups in total. The molecule has 50 heavy (non-hydrogen) atoms. The number of carboxylic acid groups (broad SMARTS) is 1. The molecule has 1 saturated heterocycles. The summed E-state index contributed by atoms with van der Waals surface area (Å²) >= 11 is 0. The molecule has 5 rings (SSSR count). The van der Waals surface area contributed by atoms with Crippen LogP contribution < -0.4 is 20.4 Å². The summed E-state index contributed by atoms with van der Waals surface area (Å²) in [5.41, 5.74) is 4.95. The van der Waals surface area contributed by atoms with Crippen LogP contribution in [-0.2, 0) is 16.1 Å². The van der Waals surface area contributed by atoms with Crippen LogP contribution in [0.3, 0.4) is 0 Å². The lowest BCUT2D eigenvalue weighted by atomic mass is 9.88. The molecule has 0 spiro atoms. The number of rotatable bonds is 9. The highest BCUT2D eigenvalue weighted by atomic mass is 19.1. The lowest BCUT2D eigenvalue weighted by molar-refractivity contribution is -0.124. The van der Waals surface area contributed by atoms with Gasteiger partial charge in [-0.15, -0.1) is 0 Å². The maximum Gasteiger partial charge on any atom is 0.290 e. The second-order valence-corrected chi connectivity index (χ2v) is 11.5. The molecule has 14 heteroatoms. The largest absolute Gasteiger partial charge is 0.504 e. The molecule has 3 heterocycles. The number of amides is 1. The first-order valence-corrected chi connectivity index (χ1v) is 15.3. The standard InChI is InChI=1S/C35H32FN7O4.CH2O2/c1-35(41-20-22-3-7-26(39-19-22)8-10-32(45)42-46)11-13-43(14-12-35)34-27(18-38)33(24-4-5-25(17-37)29(36)15-24)28(21-40-34)23-6-9-31(47-2)30(44)16-23;2-1-3/h3-10,15-16,19,21,41,44,46H,11-14,20H2,1-2H3,(H,42,45);1H,(H,2,3)/b10-8+;. The van der Waals surface area contributed by atoms with E-state index < -0.39 is 11.7 Å². The number of ether oxygens (including phenoxy) is 1. The van der Waals surface area contributed by atoms with E-state index in [0.29, 0.717) is 53.4 Å². The minimum absolute atomic E-state index is 0.0944. The predicted molar refractivity (Wildman–Crippen MR) is 181 cm³/mol. The Morgan fingerprint density at radius 3 is 2.38 bits per heavy atom. The van der Waals surface area contributed by atoms with E-state index in [0.717, 1.165) is 18.4 Å². The van der Waals surface area contributed by atoms with Gasteiger partial charge in [-0.25, -0.2) is 14.9 Å². The van der Waals surface area contributed by atoms with Gasteiger partial charge in [0, 0.05) is 54.8 Å². The Labute approximate surface area is 287 Å². The van der Waals surface area contributed by atoms with Crippen molar-refractivity contribution in [3.05, 3.63) is 95.2 Å². The highest BCUT2D eigenvalue weighted by molar-refractivity contribution is 5.91. The molecule has 1 amide bonds. The number of anilines is 1. The van der Waals surface area contributed by atoms with E-state index >= 15 is 0 Å². The van der Waals surface area contributed by atoms with Crippen LogP contribution in [0.25, 0.3) is 28.3 Å². The van der Waals surface area contributed by atoms with Gasteiger partial charge in [0.25, 0.3) is 12.4 Å². The van der Waals surface area contributed by atoms with Gasteiger partial charge in [-0.1, -0.05) is 18.2 Å². The van der Waals surface area contributed by atoms with Gasteiger partial charge in [-0.2, -0.15) is 10.5 Å². The Balaban J connectivity index is 0.00000181. The average molecular weight is 680 g/mol. The number of nitriles is 2. The first-order chi connectivity index (χ1) is 24.1. The van der Waals surface area contributed by atoms with E-state index in [4.69, 9.17) is 24.8 Å². The number of nitrogens with one attached hydrogen (secondary N) is 2. The third kappa shape index (κ3) is 8.56. The van der Waals surface area contributed by atoms with Crippen LogP contribution >= 0.6 is 0 Å². The third-order valence-corrected chi connectivity index (χ3v) is 8.29. The highest BCUT2D eigenvalue weighted by Gasteiger charge is 2.32. The number of phenolic OH excluding ortho intramolecular Hbond substituents is 1. The molecule has 0 unspecified atom stereocenters. The maximum atomic E-state index is 14.9. The lowest BCUT2D eigenvalue weighted by Crippen LogP contribution is -2.51. The number of pyridine rings is 2. The number of aromatic hydroxyl groups is 1. The van der Waals surface area contributed by atoms with Crippen LogP contribution in [0.2, 0.25) is 0 Å². The van der Waals surface area contributed by atoms with Gasteiger partial charge in [0.05, 0.1) is 18.4 Å². The van der Waals surface area contributed by atoms with Gasteiger partial charge < -0.3 is 25.2 Å². The Kier molecular flexibility index (Phi) is 12.2. The minimum atomic E-state index is -0.703. The fourth-order valence-corrected chi connectivity index (χ4v) is 5.53. The summed E-state index contributed by atoms with van der Waals surface area (Å²) in [6.07, 6.45) is 7.53. The predicted octanol–water partition coefficient (Wildman–Crippen LogP) is 4.78. The molecule has 0 saturated carbocycles. The van der Waals surface area contributed by atoms with Gasteiger partial charge >= 0.3 is 0 Å². The monoisotopic (exact) mass is 679 g/mol. The molecule has 0 radical (unpaired) electrons. The first kappa shape index (κ1) is 36.5. The quantitative estimate of drug-likeness (QED) is 0.0702. The average Bonchev–Trinajstić information content (AvgIpc) is 3.13. The zero-order valence-corrected chi connectivity index (χ0v) is 27.2. The fourth-order valence-electron chi connectivity index (χ4n) is 5.53. The zero-order valence-electron chi connectivity index (χ0n) is 27.2. The number of hydrogen-bond acceptors (Lipinski definition) is 11. The van der Waals surface area contributed by atoms with E-state index in [1.165, 1.54) is 42.9 Å². The van der Waals surface area contributed by atoms with E-state index in [-0.39, 0.29) is 34.6 Å². The number of nitrogens with zero attached hydrogens (tertiary/aromatic N) is 5. The molecule has 2 aromatic carbocycles. The molecule has 13 nitrogen and oxygen atoms in total. The molecule has 1 aliphatic heterocycles. The van der Waals surface area contributed by atoms with Crippen LogP contribution in [0.4, 0.5) is 10.2 Å². The molecule has 2 aromatic heterocycles. The van der Waals surface area contributed by atoms with Crippen LogP contribution in [-0.4, -0.2) is 63.5 Å². The van der Waals surface area contributed by atoms with Crippen molar-refractivity contribution < 1.29 is 34.1 Å². The number of methoxy groups -OCH3 is 1. The highest BCUT2D eigenvalue weighted by Crippen LogP contribution is 2.41. The lowest BCUT2D eigenvalue weighted by Gasteiger charge is -2.41. The summed E-state index contributed by atoms with van der Waals surface area (Å²) in [6, 6.07) is 16.9. The van der Waals surface area contributed by atoms with Crippen molar-refractivity contribution in [1.29, 1.82) is 10.5 Å². The van der Waals surface area contributed by atoms with Crippen molar-refractivity contribution in [1.82, 2.24) is 20.8 Å². The fraction of sp³-hybridized carbons (Fsp3) is 0.222. The molecular weight excluding hydrogens is 645 g/mol. The van der Waals surface area contributed by atoms with Gasteiger partial charge in [-0.3, -0.25) is 19.8 Å². The van der Waals surface area contributed by atoms with Crippen LogP contribution in [0, 0.1) is 28.5 Å². The first-order valence-electron chi connectivity index (χ1n) is 15.3. The summed E-state index contributed by atoms with van der Waals surface area (Å²) in [4.78, 5) is 30.7. The van der Waals surface area contributed by atoms with Crippen molar-refractivity contribution in [2.45, 2.75) is 31.8 Å². The smallest absolute Gasteiger partial charge is 0.290 e. The molecule has 0 bridgehead atoms. The van der Waals surface area contributed by atoms with Crippen molar-refractivity contribution in [3.63, 3.8) is 0 Å². The number of phenols is 1. The Morgan fingerprint density at radius 1 is 1.08 bits per heavy atom. The Hall–Kier alpha value is -6.35. The summed E-state index contributed by atoms with van der Waals surface area (Å²) in [6.45, 7) is 3.67. The molecule has 1 fully saturated rings. The summed E-state index contributed by atoms with van der Waals surface area (Å²) in [5.74, 6) is -0.681. The normalized spacial score (nSPS) is 13.4. The summed E-state index contributed by atoms with van der Waals surface area (Å²) < 4.78 is 20.1. The molecule has 256 valence electrons. The second kappa shape index (κ2) is 16.7. The summed E-state index contributed by atoms with van der Waals surface area (Å²) in [5, 5.41) is 49.4. The number of benzene rings is 2. The van der Waals surface area contributed by atoms with Crippen LogP contribution in [0.1, 0.15) is 42.1 Å². The number of aromatic nitrogens is 2. The van der Waals surface area contributed by atoms with Gasteiger partial charge in [0.15, 0.2) is 11.5 Å². The third-order valence-electron chi connectivity index (χ3n) is 8.29. The topological polar surface area (TPSA) is 205 Å². The van der Waals surface area contributed by atoms with Crippen molar-refractivity contribution in [2.75, 3.05) is 25.1 Å².